The van der Waals surface area contributed by atoms with Crippen molar-refractivity contribution in [2.24, 2.45) is 17.5 Å². The molecule has 25 heavy (non-hydrogen) atoms. The van der Waals surface area contributed by atoms with Gasteiger partial charge in [-0.1, -0.05) is 19.3 Å². The summed E-state index contributed by atoms with van der Waals surface area (Å²) in [6.45, 7) is 0. The molecule has 1 aromatic rings. The second-order valence-electron chi connectivity index (χ2n) is 6.91. The van der Waals surface area contributed by atoms with Crippen LogP contribution in [0, 0.1) is 17.2 Å². The lowest BCUT2D eigenvalue weighted by Crippen LogP contribution is -2.42. The summed E-state index contributed by atoms with van der Waals surface area (Å²) >= 11 is 5.89. The minimum atomic E-state index is -0.597. The number of hydrazine groups is 1. The van der Waals surface area contributed by atoms with Crippen molar-refractivity contribution in [2.45, 2.75) is 56.5 Å². The van der Waals surface area contributed by atoms with Gasteiger partial charge in [-0.15, -0.1) is 0 Å². The first-order chi connectivity index (χ1) is 12.0. The molecule has 2 aliphatic rings. The molecule has 1 atom stereocenters. The number of rotatable bonds is 6. The highest BCUT2D eigenvalue weighted by molar-refractivity contribution is 6.28. The Morgan fingerprint density at radius 1 is 1.44 bits per heavy atom. The molecule has 5 N–H and O–H groups in total. The van der Waals surface area contributed by atoms with Crippen molar-refractivity contribution >= 4 is 17.4 Å². The predicted octanol–water partition coefficient (Wildman–Crippen LogP) is 2.52. The van der Waals surface area contributed by atoms with Crippen LogP contribution < -0.4 is 16.9 Å². The van der Waals surface area contributed by atoms with Crippen molar-refractivity contribution in [3.05, 3.63) is 29.4 Å². The lowest BCUT2D eigenvalue weighted by molar-refractivity contribution is 0.304. The highest BCUT2D eigenvalue weighted by atomic mass is 35.5. The van der Waals surface area contributed by atoms with Gasteiger partial charge in [0.15, 0.2) is 0 Å². The van der Waals surface area contributed by atoms with Gasteiger partial charge >= 0.3 is 0 Å². The topological polar surface area (TPSA) is 117 Å². The average Bonchev–Trinajstić information content (AvgIpc) is 3.42. The fourth-order valence-electron chi connectivity index (χ4n) is 3.43. The van der Waals surface area contributed by atoms with E-state index in [-0.39, 0.29) is 11.3 Å². The van der Waals surface area contributed by atoms with Gasteiger partial charge in [0, 0.05) is 18.1 Å². The quantitative estimate of drug-likeness (QED) is 0.405. The maximum absolute atomic E-state index is 9.30. The van der Waals surface area contributed by atoms with Crippen LogP contribution in [0.2, 0.25) is 5.28 Å². The summed E-state index contributed by atoms with van der Waals surface area (Å²) in [6, 6.07) is 3.94. The van der Waals surface area contributed by atoms with E-state index in [1.54, 1.807) is 18.5 Å². The zero-order chi connectivity index (χ0) is 17.9. The van der Waals surface area contributed by atoms with E-state index in [1.165, 1.54) is 24.3 Å². The Kier molecular flexibility index (Phi) is 5.30. The van der Waals surface area contributed by atoms with Crippen LogP contribution in [0.5, 0.6) is 0 Å². The molecule has 0 saturated heterocycles. The van der Waals surface area contributed by atoms with Gasteiger partial charge in [-0.2, -0.15) is 5.26 Å². The number of nitriles is 1. The molecule has 2 fully saturated rings. The SMILES string of the molecule is N#CC1(N(N)/C=C(\N)C(Nc2ccnc(Cl)n2)C2CCCCC2)CC1. The first kappa shape index (κ1) is 17.8. The van der Waals surface area contributed by atoms with Gasteiger partial charge in [-0.25, -0.2) is 15.8 Å². The Labute approximate surface area is 153 Å². The minimum Gasteiger partial charge on any atom is -0.399 e. The van der Waals surface area contributed by atoms with Crippen molar-refractivity contribution in [1.82, 2.24) is 15.0 Å². The monoisotopic (exact) mass is 361 g/mol. The maximum Gasteiger partial charge on any atom is 0.224 e. The van der Waals surface area contributed by atoms with Crippen molar-refractivity contribution in [2.75, 3.05) is 5.32 Å². The fraction of sp³-hybridized carbons (Fsp3) is 0.588. The van der Waals surface area contributed by atoms with Crippen LogP contribution in [-0.2, 0) is 0 Å². The van der Waals surface area contributed by atoms with Crippen LogP contribution in [0.4, 0.5) is 5.82 Å². The van der Waals surface area contributed by atoms with Gasteiger partial charge in [0.2, 0.25) is 5.28 Å². The number of hydrogen-bond donors (Lipinski definition) is 3. The summed E-state index contributed by atoms with van der Waals surface area (Å²) in [7, 11) is 0. The summed E-state index contributed by atoms with van der Waals surface area (Å²) in [5, 5.41) is 14.4. The van der Waals surface area contributed by atoms with E-state index in [1.807, 2.05) is 0 Å². The average molecular weight is 362 g/mol. The summed E-state index contributed by atoms with van der Waals surface area (Å²) < 4.78 is 0. The Bertz CT molecular complexity index is 674. The molecule has 134 valence electrons. The molecule has 0 bridgehead atoms. The molecule has 3 rings (SSSR count). The van der Waals surface area contributed by atoms with Crippen molar-refractivity contribution in [1.29, 1.82) is 5.26 Å². The summed E-state index contributed by atoms with van der Waals surface area (Å²) in [4.78, 5) is 8.12. The smallest absolute Gasteiger partial charge is 0.224 e. The van der Waals surface area contributed by atoms with Crippen molar-refractivity contribution < 1.29 is 0 Å². The van der Waals surface area contributed by atoms with Crippen molar-refractivity contribution in [3.63, 3.8) is 0 Å². The number of nitrogens with two attached hydrogens (primary N) is 2. The van der Waals surface area contributed by atoms with Crippen LogP contribution in [0.1, 0.15) is 44.9 Å². The zero-order valence-corrected chi connectivity index (χ0v) is 14.9. The third-order valence-electron chi connectivity index (χ3n) is 5.12. The molecule has 0 aromatic carbocycles. The number of hydrogen-bond acceptors (Lipinski definition) is 7. The molecule has 8 heteroatoms. The molecule has 1 unspecified atom stereocenters. The fourth-order valence-corrected chi connectivity index (χ4v) is 3.57. The molecule has 0 amide bonds. The highest BCUT2D eigenvalue weighted by Gasteiger charge is 2.47. The summed E-state index contributed by atoms with van der Waals surface area (Å²) in [5.41, 5.74) is 6.42. The van der Waals surface area contributed by atoms with Crippen LogP contribution in [-0.4, -0.2) is 26.6 Å². The second kappa shape index (κ2) is 7.46. The summed E-state index contributed by atoms with van der Waals surface area (Å²) in [6.07, 6.45) is 10.7. The Morgan fingerprint density at radius 3 is 2.76 bits per heavy atom. The van der Waals surface area contributed by atoms with Crippen LogP contribution in [0.15, 0.2) is 24.2 Å². The molecule has 1 aromatic heterocycles. The molecule has 0 aliphatic heterocycles. The molecule has 2 saturated carbocycles. The van der Waals surface area contributed by atoms with Crippen LogP contribution >= 0.6 is 11.6 Å². The molecule has 2 aliphatic carbocycles. The summed E-state index contributed by atoms with van der Waals surface area (Å²) in [5.74, 6) is 7.12. The van der Waals surface area contributed by atoms with E-state index in [4.69, 9.17) is 23.2 Å². The third-order valence-corrected chi connectivity index (χ3v) is 5.31. The van der Waals surface area contributed by atoms with E-state index in [0.29, 0.717) is 17.4 Å². The van der Waals surface area contributed by atoms with Crippen LogP contribution in [0.25, 0.3) is 0 Å². The molecular formula is C17H24ClN7. The number of anilines is 1. The highest BCUT2D eigenvalue weighted by Crippen LogP contribution is 2.40. The molecule has 0 spiro atoms. The largest absolute Gasteiger partial charge is 0.399 e. The number of nitrogens with zero attached hydrogens (tertiary/aromatic N) is 4. The third kappa shape index (κ3) is 4.14. The van der Waals surface area contributed by atoms with E-state index in [0.717, 1.165) is 25.7 Å². The van der Waals surface area contributed by atoms with Crippen molar-refractivity contribution in [3.8, 4) is 6.07 Å². The lowest BCUT2D eigenvalue weighted by Gasteiger charge is -2.32. The van der Waals surface area contributed by atoms with E-state index in [2.05, 4.69) is 21.4 Å². The van der Waals surface area contributed by atoms with Gasteiger partial charge in [-0.05, 0) is 49.3 Å². The molecule has 0 radical (unpaired) electrons. The van der Waals surface area contributed by atoms with Gasteiger partial charge in [-0.3, -0.25) is 5.01 Å². The normalized spacial score (nSPS) is 21.2. The standard InChI is InChI=1S/C17H24ClN7/c18-16-22-9-6-14(24-16)23-15(12-4-2-1-3-5-12)13(20)10-25(21)17(11-19)7-8-17/h6,9-10,12,15H,1-5,7-8,20-21H2,(H,22,23,24)/b13-10-. The van der Waals surface area contributed by atoms with Crippen LogP contribution in [0.3, 0.4) is 0 Å². The molecule has 1 heterocycles. The molecular weight excluding hydrogens is 338 g/mol. The minimum absolute atomic E-state index is 0.105. The first-order valence-electron chi connectivity index (χ1n) is 8.72. The van der Waals surface area contributed by atoms with E-state index in [9.17, 15) is 5.26 Å². The van der Waals surface area contributed by atoms with Gasteiger partial charge in [0.1, 0.15) is 11.4 Å². The second-order valence-corrected chi connectivity index (χ2v) is 7.25. The predicted molar refractivity (Wildman–Crippen MR) is 96.9 cm³/mol. The van der Waals surface area contributed by atoms with Gasteiger partial charge in [0.25, 0.3) is 0 Å². The van der Waals surface area contributed by atoms with E-state index >= 15 is 0 Å². The van der Waals surface area contributed by atoms with Gasteiger partial charge in [0.05, 0.1) is 12.1 Å². The Balaban J connectivity index is 1.81. The number of aromatic nitrogens is 2. The Hall–Kier alpha value is -2.04. The molecule has 7 nitrogen and oxygen atoms in total. The zero-order valence-electron chi connectivity index (χ0n) is 14.2. The Morgan fingerprint density at radius 2 is 2.16 bits per heavy atom. The maximum atomic E-state index is 9.30. The number of halogens is 1. The first-order valence-corrected chi connectivity index (χ1v) is 9.09. The van der Waals surface area contributed by atoms with Gasteiger partial charge < -0.3 is 11.1 Å². The lowest BCUT2D eigenvalue weighted by atomic mass is 9.82. The van der Waals surface area contributed by atoms with E-state index < -0.39 is 5.54 Å². The number of nitrogens with one attached hydrogen (secondary N) is 1.